The van der Waals surface area contributed by atoms with Gasteiger partial charge in [0, 0.05) is 19.5 Å². The average molecular weight is 376 g/mol. The van der Waals surface area contributed by atoms with Crippen LogP contribution in [0.3, 0.4) is 0 Å². The number of carbonyl (C=O) groups excluding carboxylic acids is 2. The number of hydrogen-bond acceptors (Lipinski definition) is 2. The Morgan fingerprint density at radius 2 is 1.63 bits per heavy atom. The number of amides is 2. The van der Waals surface area contributed by atoms with Crippen molar-refractivity contribution < 1.29 is 22.8 Å². The van der Waals surface area contributed by atoms with Crippen LogP contribution in [-0.2, 0) is 11.2 Å². The van der Waals surface area contributed by atoms with Crippen LogP contribution in [0.4, 0.5) is 13.2 Å². The summed E-state index contributed by atoms with van der Waals surface area (Å²) in [4.78, 5) is 26.9. The van der Waals surface area contributed by atoms with E-state index in [9.17, 15) is 22.8 Å². The van der Waals surface area contributed by atoms with E-state index in [1.807, 2.05) is 30.3 Å². The van der Waals surface area contributed by atoms with E-state index in [1.54, 1.807) is 4.90 Å². The van der Waals surface area contributed by atoms with Gasteiger partial charge in [0.2, 0.25) is 5.91 Å². The smallest absolute Gasteiger partial charge is 0.255 e. The second-order valence-electron chi connectivity index (χ2n) is 6.47. The van der Waals surface area contributed by atoms with Crippen LogP contribution in [0.2, 0.25) is 0 Å². The summed E-state index contributed by atoms with van der Waals surface area (Å²) >= 11 is 0. The van der Waals surface area contributed by atoms with Crippen LogP contribution in [0.5, 0.6) is 0 Å². The summed E-state index contributed by atoms with van der Waals surface area (Å²) in [6.45, 7) is 1.19. The van der Waals surface area contributed by atoms with Crippen LogP contribution in [0.15, 0.2) is 42.5 Å². The van der Waals surface area contributed by atoms with Crippen molar-refractivity contribution >= 4 is 11.8 Å². The first-order valence-electron chi connectivity index (χ1n) is 8.74. The molecule has 1 aliphatic rings. The molecule has 0 spiro atoms. The maximum absolute atomic E-state index is 13.9. The topological polar surface area (TPSA) is 49.4 Å². The standard InChI is InChI=1S/C20H19F3N2O2/c21-15-9-8-14(17(22)18(15)23)19(26)24-16(12-13-6-2-1-3-7-13)20(27)25-10-4-5-11-25/h1-3,6-9,16H,4-5,10-12H2,(H,24,26)/t16-/m0/s1. The van der Waals surface area contributed by atoms with Gasteiger partial charge in [-0.15, -0.1) is 0 Å². The van der Waals surface area contributed by atoms with Crippen LogP contribution >= 0.6 is 0 Å². The predicted molar refractivity (Wildman–Crippen MR) is 93.5 cm³/mol. The molecule has 142 valence electrons. The van der Waals surface area contributed by atoms with Crippen molar-refractivity contribution in [2.75, 3.05) is 13.1 Å². The number of hydrogen-bond donors (Lipinski definition) is 1. The normalized spacial score (nSPS) is 14.9. The monoisotopic (exact) mass is 376 g/mol. The van der Waals surface area contributed by atoms with E-state index in [2.05, 4.69) is 5.32 Å². The van der Waals surface area contributed by atoms with Crippen LogP contribution in [0.25, 0.3) is 0 Å². The van der Waals surface area contributed by atoms with Gasteiger partial charge in [-0.25, -0.2) is 13.2 Å². The van der Waals surface area contributed by atoms with E-state index in [-0.39, 0.29) is 12.3 Å². The largest absolute Gasteiger partial charge is 0.341 e. The Hall–Kier alpha value is -2.83. The maximum Gasteiger partial charge on any atom is 0.255 e. The fourth-order valence-corrected chi connectivity index (χ4v) is 3.15. The number of nitrogens with one attached hydrogen (secondary N) is 1. The first kappa shape index (κ1) is 18.9. The molecule has 0 bridgehead atoms. The van der Waals surface area contributed by atoms with Gasteiger partial charge in [0.1, 0.15) is 6.04 Å². The highest BCUT2D eigenvalue weighted by Gasteiger charge is 2.29. The van der Waals surface area contributed by atoms with E-state index in [4.69, 9.17) is 0 Å². The van der Waals surface area contributed by atoms with Gasteiger partial charge >= 0.3 is 0 Å². The van der Waals surface area contributed by atoms with Gasteiger partial charge in [-0.3, -0.25) is 9.59 Å². The molecule has 1 N–H and O–H groups in total. The van der Waals surface area contributed by atoms with Gasteiger partial charge in [-0.2, -0.15) is 0 Å². The molecular formula is C20H19F3N2O2. The fourth-order valence-electron chi connectivity index (χ4n) is 3.15. The molecule has 7 heteroatoms. The second kappa shape index (κ2) is 8.24. The predicted octanol–water partition coefficient (Wildman–Crippen LogP) is 3.07. The summed E-state index contributed by atoms with van der Waals surface area (Å²) in [5, 5.41) is 2.49. The van der Waals surface area contributed by atoms with Gasteiger partial charge in [-0.05, 0) is 30.5 Å². The Bertz CT molecular complexity index is 837. The molecule has 0 unspecified atom stereocenters. The molecule has 1 saturated heterocycles. The van der Waals surface area contributed by atoms with Gasteiger partial charge in [0.25, 0.3) is 5.91 Å². The molecule has 0 radical (unpaired) electrons. The number of benzene rings is 2. The molecule has 0 aromatic heterocycles. The number of nitrogens with zero attached hydrogens (tertiary/aromatic N) is 1. The van der Waals surface area contributed by atoms with E-state index < -0.39 is 35.0 Å². The van der Waals surface area contributed by atoms with E-state index in [1.165, 1.54) is 0 Å². The number of rotatable bonds is 5. The lowest BCUT2D eigenvalue weighted by Crippen LogP contribution is -2.49. The Morgan fingerprint density at radius 3 is 2.30 bits per heavy atom. The zero-order valence-corrected chi connectivity index (χ0v) is 14.6. The van der Waals surface area contributed by atoms with Crippen LogP contribution in [0.1, 0.15) is 28.8 Å². The summed E-state index contributed by atoms with van der Waals surface area (Å²) in [5.41, 5.74) is 0.183. The molecule has 2 aromatic rings. The lowest BCUT2D eigenvalue weighted by Gasteiger charge is -2.24. The molecule has 1 atom stereocenters. The van der Waals surface area contributed by atoms with Gasteiger partial charge in [0.15, 0.2) is 17.5 Å². The fraction of sp³-hybridized carbons (Fsp3) is 0.300. The van der Waals surface area contributed by atoms with Crippen LogP contribution in [0, 0.1) is 17.5 Å². The summed E-state index contributed by atoms with van der Waals surface area (Å²) < 4.78 is 40.5. The number of carbonyl (C=O) groups is 2. The molecule has 3 rings (SSSR count). The molecule has 0 aliphatic carbocycles. The molecule has 2 aromatic carbocycles. The van der Waals surface area contributed by atoms with Crippen molar-refractivity contribution in [2.45, 2.75) is 25.3 Å². The first-order chi connectivity index (χ1) is 13.0. The van der Waals surface area contributed by atoms with Crippen molar-refractivity contribution in [3.63, 3.8) is 0 Å². The Labute approximate surface area is 155 Å². The van der Waals surface area contributed by atoms with Crippen LogP contribution in [-0.4, -0.2) is 35.8 Å². The Balaban J connectivity index is 1.83. The molecule has 2 amide bonds. The van der Waals surface area contributed by atoms with Crippen molar-refractivity contribution in [1.29, 1.82) is 0 Å². The summed E-state index contributed by atoms with van der Waals surface area (Å²) in [7, 11) is 0. The number of halogens is 3. The van der Waals surface area contributed by atoms with Crippen LogP contribution < -0.4 is 5.32 Å². The third-order valence-electron chi connectivity index (χ3n) is 4.58. The minimum Gasteiger partial charge on any atom is -0.341 e. The van der Waals surface area contributed by atoms with Crippen molar-refractivity contribution in [2.24, 2.45) is 0 Å². The zero-order chi connectivity index (χ0) is 19.4. The summed E-state index contributed by atoms with van der Waals surface area (Å²) in [5.74, 6) is -5.89. The minimum absolute atomic E-state index is 0.215. The lowest BCUT2D eigenvalue weighted by molar-refractivity contribution is -0.132. The molecule has 1 fully saturated rings. The maximum atomic E-state index is 13.9. The number of likely N-dealkylation sites (tertiary alicyclic amines) is 1. The van der Waals surface area contributed by atoms with E-state index >= 15 is 0 Å². The highest BCUT2D eigenvalue weighted by atomic mass is 19.2. The molecule has 4 nitrogen and oxygen atoms in total. The molecular weight excluding hydrogens is 357 g/mol. The van der Waals surface area contributed by atoms with Gasteiger partial charge in [-0.1, -0.05) is 30.3 Å². The lowest BCUT2D eigenvalue weighted by atomic mass is 10.0. The summed E-state index contributed by atoms with van der Waals surface area (Å²) in [6, 6.07) is 9.70. The van der Waals surface area contributed by atoms with E-state index in [0.29, 0.717) is 19.2 Å². The first-order valence-corrected chi connectivity index (χ1v) is 8.74. The van der Waals surface area contributed by atoms with Crippen molar-refractivity contribution in [3.8, 4) is 0 Å². The molecule has 0 saturated carbocycles. The third-order valence-corrected chi connectivity index (χ3v) is 4.58. The van der Waals surface area contributed by atoms with Gasteiger partial charge in [0.05, 0.1) is 5.56 Å². The highest BCUT2D eigenvalue weighted by molar-refractivity contribution is 5.97. The third kappa shape index (κ3) is 4.30. The highest BCUT2D eigenvalue weighted by Crippen LogP contribution is 2.17. The molecule has 27 heavy (non-hydrogen) atoms. The zero-order valence-electron chi connectivity index (χ0n) is 14.6. The SMILES string of the molecule is O=C(N[C@@H](Cc1ccccc1)C(=O)N1CCCC1)c1ccc(F)c(F)c1F. The van der Waals surface area contributed by atoms with Gasteiger partial charge < -0.3 is 10.2 Å². The molecule has 1 aliphatic heterocycles. The van der Waals surface area contributed by atoms with Crippen molar-refractivity contribution in [3.05, 3.63) is 71.0 Å². The minimum atomic E-state index is -1.71. The van der Waals surface area contributed by atoms with E-state index in [0.717, 1.165) is 24.5 Å². The quantitative estimate of drug-likeness (QED) is 0.816. The Kier molecular flexibility index (Phi) is 5.78. The Morgan fingerprint density at radius 1 is 0.963 bits per heavy atom. The summed E-state index contributed by atoms with van der Waals surface area (Å²) in [6.07, 6.45) is 1.98. The average Bonchev–Trinajstić information content (AvgIpc) is 3.20. The second-order valence-corrected chi connectivity index (χ2v) is 6.47. The van der Waals surface area contributed by atoms with Crippen molar-refractivity contribution in [1.82, 2.24) is 10.2 Å². The molecule has 1 heterocycles.